The van der Waals surface area contributed by atoms with Gasteiger partial charge in [0.15, 0.2) is 10.6 Å². The highest BCUT2D eigenvalue weighted by Gasteiger charge is 2.13. The van der Waals surface area contributed by atoms with Crippen molar-refractivity contribution in [3.63, 3.8) is 0 Å². The number of hydrogen-bond acceptors (Lipinski definition) is 3. The summed E-state index contributed by atoms with van der Waals surface area (Å²) in [6.45, 7) is 7.13. The second-order valence-electron chi connectivity index (χ2n) is 3.77. The molecule has 80 valence electrons. The Morgan fingerprint density at radius 2 is 2.14 bits per heavy atom. The van der Waals surface area contributed by atoms with Crippen LogP contribution in [-0.4, -0.2) is 21.9 Å². The first-order valence-corrected chi connectivity index (χ1v) is 5.15. The normalized spacial score (nSPS) is 13.5. The third kappa shape index (κ3) is 2.42. The Balaban J connectivity index is 3.00. The van der Waals surface area contributed by atoms with E-state index < -0.39 is 0 Å². The molecule has 0 aromatic carbocycles. The molecule has 1 rings (SSSR count). The van der Waals surface area contributed by atoms with E-state index in [2.05, 4.69) is 24.0 Å². The molecule has 1 aromatic heterocycles. The predicted molar refractivity (Wildman–Crippen MR) is 57.7 cm³/mol. The summed E-state index contributed by atoms with van der Waals surface area (Å²) in [6, 6.07) is 0. The summed E-state index contributed by atoms with van der Waals surface area (Å²) in [7, 11) is 1.67. The summed E-state index contributed by atoms with van der Waals surface area (Å²) < 4.78 is 7.88. The van der Waals surface area contributed by atoms with Crippen molar-refractivity contribution in [2.45, 2.75) is 33.4 Å². The highest BCUT2D eigenvalue weighted by atomic mass is 32.1. The van der Waals surface area contributed by atoms with Crippen LogP contribution in [0.15, 0.2) is 0 Å². The number of methoxy groups -OCH3 is 1. The standard InChI is InChI=1S/C9H17N3OS/c1-6(2)5-12-8(7(3)13-4)10-11-9(12)14/h6-7H,5H2,1-4H3,(H,11,14). The first-order chi connectivity index (χ1) is 6.56. The average Bonchev–Trinajstić information content (AvgIpc) is 2.46. The van der Waals surface area contributed by atoms with Crippen molar-refractivity contribution in [2.24, 2.45) is 5.92 Å². The van der Waals surface area contributed by atoms with Crippen molar-refractivity contribution in [3.05, 3.63) is 10.6 Å². The first kappa shape index (κ1) is 11.4. The second-order valence-corrected chi connectivity index (χ2v) is 4.16. The lowest BCUT2D eigenvalue weighted by molar-refractivity contribution is 0.107. The molecule has 5 heteroatoms. The highest BCUT2D eigenvalue weighted by Crippen LogP contribution is 2.14. The minimum absolute atomic E-state index is 0.0262. The molecule has 0 saturated heterocycles. The van der Waals surface area contributed by atoms with Gasteiger partial charge in [-0.25, -0.2) is 0 Å². The van der Waals surface area contributed by atoms with Crippen molar-refractivity contribution in [1.29, 1.82) is 0 Å². The Kier molecular flexibility index (Phi) is 3.83. The van der Waals surface area contributed by atoms with E-state index in [0.29, 0.717) is 10.7 Å². The summed E-state index contributed by atoms with van der Waals surface area (Å²) in [6.07, 6.45) is -0.0262. The fraction of sp³-hybridized carbons (Fsp3) is 0.778. The topological polar surface area (TPSA) is 42.8 Å². The molecule has 14 heavy (non-hydrogen) atoms. The molecule has 0 aliphatic rings. The molecule has 1 aromatic rings. The van der Waals surface area contributed by atoms with Crippen molar-refractivity contribution >= 4 is 12.2 Å². The third-order valence-electron chi connectivity index (χ3n) is 2.05. The molecule has 0 spiro atoms. The number of aromatic nitrogens is 3. The molecule has 1 N–H and O–H groups in total. The average molecular weight is 215 g/mol. The quantitative estimate of drug-likeness (QED) is 0.784. The number of aromatic amines is 1. The molecule has 1 heterocycles. The smallest absolute Gasteiger partial charge is 0.195 e. The number of nitrogens with zero attached hydrogens (tertiary/aromatic N) is 2. The Morgan fingerprint density at radius 1 is 1.50 bits per heavy atom. The van der Waals surface area contributed by atoms with Crippen LogP contribution in [0.4, 0.5) is 0 Å². The Morgan fingerprint density at radius 3 is 2.64 bits per heavy atom. The number of ether oxygens (including phenoxy) is 1. The third-order valence-corrected chi connectivity index (χ3v) is 2.36. The van der Waals surface area contributed by atoms with E-state index in [1.54, 1.807) is 7.11 Å². The zero-order chi connectivity index (χ0) is 10.7. The van der Waals surface area contributed by atoms with Crippen LogP contribution in [0.2, 0.25) is 0 Å². The zero-order valence-corrected chi connectivity index (χ0v) is 9.89. The summed E-state index contributed by atoms with van der Waals surface area (Å²) in [5, 5.41) is 6.95. The summed E-state index contributed by atoms with van der Waals surface area (Å²) >= 11 is 5.15. The monoisotopic (exact) mass is 215 g/mol. The van der Waals surface area contributed by atoms with Gasteiger partial charge in [0, 0.05) is 13.7 Å². The van der Waals surface area contributed by atoms with Gasteiger partial charge in [-0.3, -0.25) is 5.10 Å². The molecule has 0 aliphatic heterocycles. The van der Waals surface area contributed by atoms with Gasteiger partial charge >= 0.3 is 0 Å². The van der Waals surface area contributed by atoms with Crippen LogP contribution >= 0.6 is 12.2 Å². The van der Waals surface area contributed by atoms with Crippen LogP contribution in [0.5, 0.6) is 0 Å². The summed E-state index contributed by atoms with van der Waals surface area (Å²) in [5.74, 6) is 1.41. The van der Waals surface area contributed by atoms with E-state index in [1.165, 1.54) is 0 Å². The number of hydrogen-bond donors (Lipinski definition) is 1. The van der Waals surface area contributed by atoms with Crippen molar-refractivity contribution in [1.82, 2.24) is 14.8 Å². The second kappa shape index (κ2) is 4.70. The number of H-pyrrole nitrogens is 1. The van der Waals surface area contributed by atoms with E-state index in [1.807, 2.05) is 11.5 Å². The van der Waals surface area contributed by atoms with Crippen molar-refractivity contribution < 1.29 is 4.74 Å². The van der Waals surface area contributed by atoms with Crippen LogP contribution in [0.25, 0.3) is 0 Å². The Bertz CT molecular complexity index is 342. The van der Waals surface area contributed by atoms with Crippen LogP contribution in [0, 0.1) is 10.7 Å². The molecule has 1 unspecified atom stereocenters. The van der Waals surface area contributed by atoms with E-state index >= 15 is 0 Å². The highest BCUT2D eigenvalue weighted by molar-refractivity contribution is 7.71. The van der Waals surface area contributed by atoms with E-state index in [9.17, 15) is 0 Å². The van der Waals surface area contributed by atoms with E-state index in [4.69, 9.17) is 17.0 Å². The molecule has 0 saturated carbocycles. The van der Waals surface area contributed by atoms with Gasteiger partial charge in [-0.05, 0) is 25.1 Å². The molecular formula is C9H17N3OS. The lowest BCUT2D eigenvalue weighted by Crippen LogP contribution is -2.12. The van der Waals surface area contributed by atoms with E-state index in [-0.39, 0.29) is 6.10 Å². The molecule has 0 bridgehead atoms. The van der Waals surface area contributed by atoms with Gasteiger partial charge in [-0.2, -0.15) is 5.10 Å². The first-order valence-electron chi connectivity index (χ1n) is 4.74. The van der Waals surface area contributed by atoms with Gasteiger partial charge in [-0.1, -0.05) is 13.8 Å². The predicted octanol–water partition coefficient (Wildman–Crippen LogP) is 2.30. The molecule has 1 atom stereocenters. The van der Waals surface area contributed by atoms with Gasteiger partial charge in [0.25, 0.3) is 0 Å². The van der Waals surface area contributed by atoms with Gasteiger partial charge in [0.1, 0.15) is 6.10 Å². The van der Waals surface area contributed by atoms with Gasteiger partial charge in [0.05, 0.1) is 0 Å². The molecule has 0 aliphatic carbocycles. The SMILES string of the molecule is COC(C)c1n[nH]c(=S)n1CC(C)C. The van der Waals surface area contributed by atoms with Crippen molar-refractivity contribution in [2.75, 3.05) is 7.11 Å². The summed E-state index contributed by atoms with van der Waals surface area (Å²) in [4.78, 5) is 0. The van der Waals surface area contributed by atoms with E-state index in [0.717, 1.165) is 12.4 Å². The summed E-state index contributed by atoms with van der Waals surface area (Å²) in [5.41, 5.74) is 0. The maximum Gasteiger partial charge on any atom is 0.195 e. The van der Waals surface area contributed by atoms with Gasteiger partial charge in [0.2, 0.25) is 0 Å². The fourth-order valence-electron chi connectivity index (χ4n) is 1.29. The maximum absolute atomic E-state index is 5.22. The minimum Gasteiger partial charge on any atom is -0.374 e. The zero-order valence-electron chi connectivity index (χ0n) is 9.07. The number of nitrogens with one attached hydrogen (secondary N) is 1. The lowest BCUT2D eigenvalue weighted by Gasteiger charge is -2.12. The van der Waals surface area contributed by atoms with Gasteiger partial charge in [-0.15, -0.1) is 0 Å². The minimum atomic E-state index is -0.0262. The van der Waals surface area contributed by atoms with Crippen molar-refractivity contribution in [3.8, 4) is 0 Å². The largest absolute Gasteiger partial charge is 0.374 e. The molecule has 0 amide bonds. The molecule has 4 nitrogen and oxygen atoms in total. The Labute approximate surface area is 89.3 Å². The van der Waals surface area contributed by atoms with Gasteiger partial charge < -0.3 is 9.30 Å². The molecule has 0 fully saturated rings. The number of rotatable bonds is 4. The van der Waals surface area contributed by atoms with Crippen LogP contribution in [0.3, 0.4) is 0 Å². The molecule has 0 radical (unpaired) electrons. The van der Waals surface area contributed by atoms with Crippen LogP contribution in [-0.2, 0) is 11.3 Å². The van der Waals surface area contributed by atoms with Crippen LogP contribution < -0.4 is 0 Å². The van der Waals surface area contributed by atoms with Crippen LogP contribution in [0.1, 0.15) is 32.7 Å². The fourth-order valence-corrected chi connectivity index (χ4v) is 1.50. The lowest BCUT2D eigenvalue weighted by atomic mass is 10.2. The molecular weight excluding hydrogens is 198 g/mol. The maximum atomic E-state index is 5.22. The Hall–Kier alpha value is -0.680.